The topological polar surface area (TPSA) is 38.7 Å². The van der Waals surface area contributed by atoms with Gasteiger partial charge in [0.1, 0.15) is 5.82 Å². The molecule has 0 N–H and O–H groups in total. The van der Waals surface area contributed by atoms with Crippen LogP contribution in [0.1, 0.15) is 5.82 Å². The Morgan fingerprint density at radius 3 is 2.60 bits per heavy atom. The fourth-order valence-electron chi connectivity index (χ4n) is 1.30. The van der Waals surface area contributed by atoms with E-state index in [0.717, 1.165) is 29.3 Å². The predicted octanol–water partition coefficient (Wildman–Crippen LogP) is 2.01. The maximum atomic E-state index is 4.44. The zero-order valence-electron chi connectivity index (χ0n) is 8.17. The highest BCUT2D eigenvalue weighted by Gasteiger charge is 2.00. The zero-order chi connectivity index (χ0) is 10.5. The average Bonchev–Trinajstić information content (AvgIpc) is 2.31. The number of nitrogens with zero attached hydrogens (tertiary/aromatic N) is 3. The molecule has 0 aliphatic heterocycles. The van der Waals surface area contributed by atoms with E-state index in [1.165, 1.54) is 0 Å². The molecule has 2 aromatic rings. The fourth-order valence-corrected chi connectivity index (χ4v) is 1.50. The van der Waals surface area contributed by atoms with E-state index in [9.17, 15) is 0 Å². The molecule has 0 aliphatic carbocycles. The summed E-state index contributed by atoms with van der Waals surface area (Å²) in [6.07, 6.45) is 6.09. The highest BCUT2D eigenvalue weighted by atomic mass is 32.1. The van der Waals surface area contributed by atoms with Gasteiger partial charge in [-0.15, -0.1) is 0 Å². The van der Waals surface area contributed by atoms with Gasteiger partial charge in [-0.2, -0.15) is 12.6 Å². The molecule has 3 nitrogen and oxygen atoms in total. The van der Waals surface area contributed by atoms with Crippen LogP contribution in [-0.4, -0.2) is 20.7 Å². The minimum absolute atomic E-state index is 0.764. The molecule has 0 radical (unpaired) electrons. The number of aromatic nitrogens is 3. The van der Waals surface area contributed by atoms with Crippen molar-refractivity contribution in [3.8, 4) is 11.3 Å². The Bertz CT molecular complexity index is 431. The highest BCUT2D eigenvalue weighted by Crippen LogP contribution is 2.14. The summed E-state index contributed by atoms with van der Waals surface area (Å²) < 4.78 is 0. The molecule has 0 aromatic carbocycles. The van der Waals surface area contributed by atoms with Crippen molar-refractivity contribution in [2.45, 2.75) is 6.42 Å². The smallest absolute Gasteiger partial charge is 0.129 e. The van der Waals surface area contributed by atoms with Gasteiger partial charge in [-0.25, -0.2) is 9.97 Å². The number of thiol groups is 1. The molecular formula is C11H11N3S. The van der Waals surface area contributed by atoms with Crippen LogP contribution in [0.25, 0.3) is 11.3 Å². The number of hydrogen-bond acceptors (Lipinski definition) is 4. The van der Waals surface area contributed by atoms with Gasteiger partial charge in [0.05, 0.1) is 5.69 Å². The molecule has 4 heteroatoms. The second-order valence-electron chi connectivity index (χ2n) is 3.07. The van der Waals surface area contributed by atoms with Crippen molar-refractivity contribution < 1.29 is 0 Å². The molecule has 2 rings (SSSR count). The summed E-state index contributed by atoms with van der Waals surface area (Å²) in [5, 5.41) is 0. The van der Waals surface area contributed by atoms with Crippen molar-refractivity contribution in [3.63, 3.8) is 0 Å². The summed E-state index contributed by atoms with van der Waals surface area (Å²) in [6, 6.07) is 5.77. The third kappa shape index (κ3) is 2.53. The molecule has 76 valence electrons. The summed E-state index contributed by atoms with van der Waals surface area (Å²) >= 11 is 4.16. The SMILES string of the molecule is SCCc1nccc(-c2ccncc2)n1. The number of rotatable bonds is 3. The highest BCUT2D eigenvalue weighted by molar-refractivity contribution is 7.80. The molecule has 0 atom stereocenters. The van der Waals surface area contributed by atoms with Gasteiger partial charge in [-0.05, 0) is 24.0 Å². The normalized spacial score (nSPS) is 10.2. The Morgan fingerprint density at radius 2 is 1.87 bits per heavy atom. The molecule has 0 aliphatic rings. The van der Waals surface area contributed by atoms with Crippen molar-refractivity contribution in [1.29, 1.82) is 0 Å². The molecule has 2 aromatic heterocycles. The Balaban J connectivity index is 2.33. The number of hydrogen-bond donors (Lipinski definition) is 1. The lowest BCUT2D eigenvalue weighted by atomic mass is 10.2. The molecule has 0 fully saturated rings. The third-order valence-electron chi connectivity index (χ3n) is 2.02. The summed E-state index contributed by atoms with van der Waals surface area (Å²) in [5.74, 6) is 1.60. The van der Waals surface area contributed by atoms with E-state index >= 15 is 0 Å². The Morgan fingerprint density at radius 1 is 1.07 bits per heavy atom. The lowest BCUT2D eigenvalue weighted by Crippen LogP contribution is -1.97. The lowest BCUT2D eigenvalue weighted by Gasteiger charge is -2.01. The van der Waals surface area contributed by atoms with Crippen LogP contribution in [0.3, 0.4) is 0 Å². The fraction of sp³-hybridized carbons (Fsp3) is 0.182. The first-order valence-corrected chi connectivity index (χ1v) is 5.36. The molecule has 2 heterocycles. The van der Waals surface area contributed by atoms with Gasteiger partial charge in [0.15, 0.2) is 0 Å². The first-order chi connectivity index (χ1) is 7.40. The third-order valence-corrected chi connectivity index (χ3v) is 2.24. The van der Waals surface area contributed by atoms with E-state index in [4.69, 9.17) is 0 Å². The molecular weight excluding hydrogens is 206 g/mol. The Kier molecular flexibility index (Phi) is 3.29. The van der Waals surface area contributed by atoms with Crippen LogP contribution in [0.5, 0.6) is 0 Å². The Labute approximate surface area is 94.0 Å². The minimum Gasteiger partial charge on any atom is -0.265 e. The monoisotopic (exact) mass is 217 g/mol. The van der Waals surface area contributed by atoms with Crippen LogP contribution >= 0.6 is 12.6 Å². The molecule has 0 spiro atoms. The van der Waals surface area contributed by atoms with Crippen LogP contribution in [0.15, 0.2) is 36.8 Å². The molecule has 0 bridgehead atoms. The van der Waals surface area contributed by atoms with E-state index in [1.54, 1.807) is 18.6 Å². The summed E-state index contributed by atoms with van der Waals surface area (Å²) in [5.41, 5.74) is 2.00. The van der Waals surface area contributed by atoms with Crippen molar-refractivity contribution in [1.82, 2.24) is 15.0 Å². The van der Waals surface area contributed by atoms with Crippen molar-refractivity contribution >= 4 is 12.6 Å². The minimum atomic E-state index is 0.764. The van der Waals surface area contributed by atoms with Crippen molar-refractivity contribution in [3.05, 3.63) is 42.6 Å². The summed E-state index contributed by atoms with van der Waals surface area (Å²) in [6.45, 7) is 0. The summed E-state index contributed by atoms with van der Waals surface area (Å²) in [7, 11) is 0. The molecule has 0 amide bonds. The van der Waals surface area contributed by atoms with Crippen LogP contribution in [0.2, 0.25) is 0 Å². The van der Waals surface area contributed by atoms with Crippen LogP contribution < -0.4 is 0 Å². The van der Waals surface area contributed by atoms with Gasteiger partial charge < -0.3 is 0 Å². The Hall–Kier alpha value is -1.42. The quantitative estimate of drug-likeness (QED) is 0.799. The van der Waals surface area contributed by atoms with Gasteiger partial charge in [-0.3, -0.25) is 4.98 Å². The first-order valence-electron chi connectivity index (χ1n) is 4.73. The van der Waals surface area contributed by atoms with Gasteiger partial charge in [-0.1, -0.05) is 0 Å². The van der Waals surface area contributed by atoms with Gasteiger partial charge in [0.25, 0.3) is 0 Å². The lowest BCUT2D eigenvalue weighted by molar-refractivity contribution is 0.953. The first kappa shape index (κ1) is 10.1. The van der Waals surface area contributed by atoms with Crippen molar-refractivity contribution in [2.75, 3.05) is 5.75 Å². The molecule has 0 saturated heterocycles. The second-order valence-corrected chi connectivity index (χ2v) is 3.51. The number of pyridine rings is 1. The van der Waals surface area contributed by atoms with E-state index in [1.807, 2.05) is 18.2 Å². The van der Waals surface area contributed by atoms with Gasteiger partial charge >= 0.3 is 0 Å². The van der Waals surface area contributed by atoms with Crippen LogP contribution in [0.4, 0.5) is 0 Å². The zero-order valence-corrected chi connectivity index (χ0v) is 9.06. The van der Waals surface area contributed by atoms with Crippen molar-refractivity contribution in [2.24, 2.45) is 0 Å². The van der Waals surface area contributed by atoms with Crippen LogP contribution in [-0.2, 0) is 6.42 Å². The maximum absolute atomic E-state index is 4.44. The van der Waals surface area contributed by atoms with E-state index in [0.29, 0.717) is 0 Å². The van der Waals surface area contributed by atoms with Gasteiger partial charge in [0, 0.05) is 30.6 Å². The molecule has 0 saturated carbocycles. The average molecular weight is 217 g/mol. The number of aryl methyl sites for hydroxylation is 1. The summed E-state index contributed by atoms with van der Waals surface area (Å²) in [4.78, 5) is 12.6. The van der Waals surface area contributed by atoms with E-state index in [-0.39, 0.29) is 0 Å². The molecule has 15 heavy (non-hydrogen) atoms. The largest absolute Gasteiger partial charge is 0.265 e. The van der Waals surface area contributed by atoms with E-state index in [2.05, 4.69) is 27.6 Å². The van der Waals surface area contributed by atoms with Gasteiger partial charge in [0.2, 0.25) is 0 Å². The van der Waals surface area contributed by atoms with Crippen LogP contribution in [0, 0.1) is 0 Å². The standard InChI is InChI=1S/C11H11N3S/c15-8-4-11-13-7-3-10(14-11)9-1-5-12-6-2-9/h1-3,5-7,15H,4,8H2. The second kappa shape index (κ2) is 4.89. The van der Waals surface area contributed by atoms with E-state index < -0.39 is 0 Å². The maximum Gasteiger partial charge on any atom is 0.129 e. The molecule has 0 unspecified atom stereocenters. The predicted molar refractivity (Wildman–Crippen MR) is 62.8 cm³/mol.